The largest absolute Gasteiger partial charge is 0.345 e. The van der Waals surface area contributed by atoms with Crippen molar-refractivity contribution in [2.75, 3.05) is 13.1 Å². The van der Waals surface area contributed by atoms with Gasteiger partial charge in [-0.1, -0.05) is 27.7 Å². The van der Waals surface area contributed by atoms with Gasteiger partial charge in [-0.15, -0.1) is 0 Å². The number of carbonyl (C=O) groups is 2. The molecular formula is C12H22N2O2. The van der Waals surface area contributed by atoms with Crippen molar-refractivity contribution in [2.24, 2.45) is 11.8 Å². The first-order valence-corrected chi connectivity index (χ1v) is 6.00. The molecular weight excluding hydrogens is 204 g/mol. The Kier molecular flexibility index (Phi) is 4.33. The Bertz CT molecular complexity index is 274. The zero-order valence-corrected chi connectivity index (χ0v) is 10.6. The fourth-order valence-electron chi connectivity index (χ4n) is 1.99. The molecule has 0 aromatic carbocycles. The van der Waals surface area contributed by atoms with Crippen LogP contribution in [-0.2, 0) is 9.59 Å². The number of nitrogens with one attached hydrogen (secondary N) is 1. The summed E-state index contributed by atoms with van der Waals surface area (Å²) >= 11 is 0. The van der Waals surface area contributed by atoms with Crippen LogP contribution in [0.5, 0.6) is 0 Å². The fraction of sp³-hybridized carbons (Fsp3) is 0.833. The van der Waals surface area contributed by atoms with E-state index in [1.54, 1.807) is 4.90 Å². The third-order valence-corrected chi connectivity index (χ3v) is 2.92. The highest BCUT2D eigenvalue weighted by atomic mass is 16.2. The second kappa shape index (κ2) is 5.32. The molecule has 1 aliphatic heterocycles. The molecule has 0 bridgehead atoms. The minimum absolute atomic E-state index is 0.0154. The Balaban J connectivity index is 2.72. The number of rotatable bonds is 4. The third kappa shape index (κ3) is 2.97. The van der Waals surface area contributed by atoms with E-state index in [2.05, 4.69) is 19.2 Å². The lowest BCUT2D eigenvalue weighted by Crippen LogP contribution is -2.60. The number of carbonyl (C=O) groups excluding carboxylic acids is 2. The summed E-state index contributed by atoms with van der Waals surface area (Å²) < 4.78 is 0. The first-order valence-electron chi connectivity index (χ1n) is 6.00. The summed E-state index contributed by atoms with van der Waals surface area (Å²) in [5.74, 6) is 0.735. The first-order chi connectivity index (χ1) is 7.43. The summed E-state index contributed by atoms with van der Waals surface area (Å²) in [5, 5.41) is 2.65. The van der Waals surface area contributed by atoms with Gasteiger partial charge in [0.2, 0.25) is 11.8 Å². The van der Waals surface area contributed by atoms with Crippen LogP contribution < -0.4 is 5.32 Å². The predicted molar refractivity (Wildman–Crippen MR) is 62.8 cm³/mol. The van der Waals surface area contributed by atoms with Crippen LogP contribution in [0.1, 0.15) is 34.1 Å². The highest BCUT2D eigenvalue weighted by Gasteiger charge is 2.35. The van der Waals surface area contributed by atoms with Crippen LogP contribution in [0.25, 0.3) is 0 Å². The summed E-state index contributed by atoms with van der Waals surface area (Å²) in [6, 6.07) is -0.292. The average molecular weight is 226 g/mol. The Morgan fingerprint density at radius 2 is 1.94 bits per heavy atom. The number of hydrogen-bond acceptors (Lipinski definition) is 2. The first kappa shape index (κ1) is 13.0. The van der Waals surface area contributed by atoms with Crippen molar-refractivity contribution >= 4 is 11.8 Å². The normalized spacial score (nSPS) is 21.9. The van der Waals surface area contributed by atoms with Gasteiger partial charge in [0.1, 0.15) is 6.04 Å². The third-order valence-electron chi connectivity index (χ3n) is 2.92. The van der Waals surface area contributed by atoms with Crippen molar-refractivity contribution < 1.29 is 9.59 Å². The quantitative estimate of drug-likeness (QED) is 0.778. The van der Waals surface area contributed by atoms with Gasteiger partial charge in [-0.2, -0.15) is 0 Å². The molecule has 1 fully saturated rings. The van der Waals surface area contributed by atoms with E-state index in [-0.39, 0.29) is 30.3 Å². The summed E-state index contributed by atoms with van der Waals surface area (Å²) in [5.41, 5.74) is 0. The zero-order valence-electron chi connectivity index (χ0n) is 10.6. The molecule has 4 heteroatoms. The lowest BCUT2D eigenvalue weighted by molar-refractivity contribution is -0.147. The van der Waals surface area contributed by atoms with E-state index in [9.17, 15) is 9.59 Å². The van der Waals surface area contributed by atoms with E-state index in [1.165, 1.54) is 0 Å². The van der Waals surface area contributed by atoms with Gasteiger partial charge in [0.25, 0.3) is 0 Å². The lowest BCUT2D eigenvalue weighted by Gasteiger charge is -2.37. The van der Waals surface area contributed by atoms with Crippen LogP contribution in [0.2, 0.25) is 0 Å². The summed E-state index contributed by atoms with van der Waals surface area (Å²) in [6.07, 6.45) is 0.947. The highest BCUT2D eigenvalue weighted by molar-refractivity contribution is 5.94. The molecule has 1 atom stereocenters. The SMILES string of the molecule is CC(C)CCN1C(=O)CNC(=O)C1C(C)C. The molecule has 0 aromatic heterocycles. The Labute approximate surface area is 97.4 Å². The molecule has 0 saturated carbocycles. The highest BCUT2D eigenvalue weighted by Crippen LogP contribution is 2.16. The molecule has 1 heterocycles. The molecule has 1 rings (SSSR count). The molecule has 92 valence electrons. The summed E-state index contributed by atoms with van der Waals surface area (Å²) in [6.45, 7) is 9.04. The van der Waals surface area contributed by atoms with Crippen molar-refractivity contribution in [2.45, 2.75) is 40.2 Å². The maximum absolute atomic E-state index is 11.8. The van der Waals surface area contributed by atoms with Crippen LogP contribution in [0.4, 0.5) is 0 Å². The van der Waals surface area contributed by atoms with Crippen LogP contribution in [0.15, 0.2) is 0 Å². The van der Waals surface area contributed by atoms with Crippen LogP contribution in [0.3, 0.4) is 0 Å². The van der Waals surface area contributed by atoms with E-state index >= 15 is 0 Å². The maximum Gasteiger partial charge on any atom is 0.243 e. The van der Waals surface area contributed by atoms with Gasteiger partial charge in [0, 0.05) is 6.54 Å². The Morgan fingerprint density at radius 3 is 2.44 bits per heavy atom. The molecule has 0 radical (unpaired) electrons. The van der Waals surface area contributed by atoms with Crippen molar-refractivity contribution in [3.05, 3.63) is 0 Å². The fourth-order valence-corrected chi connectivity index (χ4v) is 1.99. The number of hydrogen-bond donors (Lipinski definition) is 1. The summed E-state index contributed by atoms with van der Waals surface area (Å²) in [7, 11) is 0. The van der Waals surface area contributed by atoms with Crippen molar-refractivity contribution in [3.8, 4) is 0 Å². The molecule has 0 spiro atoms. The van der Waals surface area contributed by atoms with Crippen LogP contribution in [-0.4, -0.2) is 35.8 Å². The molecule has 1 aliphatic rings. The predicted octanol–water partition coefficient (Wildman–Crippen LogP) is 1.02. The van der Waals surface area contributed by atoms with E-state index in [4.69, 9.17) is 0 Å². The second-order valence-electron chi connectivity index (χ2n) is 5.18. The van der Waals surface area contributed by atoms with E-state index < -0.39 is 0 Å². The van der Waals surface area contributed by atoms with Crippen molar-refractivity contribution in [1.82, 2.24) is 10.2 Å². The van der Waals surface area contributed by atoms with Gasteiger partial charge in [-0.25, -0.2) is 0 Å². The van der Waals surface area contributed by atoms with E-state index in [0.29, 0.717) is 12.5 Å². The minimum Gasteiger partial charge on any atom is -0.345 e. The van der Waals surface area contributed by atoms with E-state index in [0.717, 1.165) is 6.42 Å². The molecule has 1 saturated heterocycles. The molecule has 1 unspecified atom stereocenters. The Hall–Kier alpha value is -1.06. The molecule has 0 aromatic rings. The molecule has 0 aliphatic carbocycles. The second-order valence-corrected chi connectivity index (χ2v) is 5.18. The minimum atomic E-state index is -0.292. The van der Waals surface area contributed by atoms with Gasteiger partial charge < -0.3 is 10.2 Å². The number of amides is 2. The maximum atomic E-state index is 11.8. The van der Waals surface area contributed by atoms with Gasteiger partial charge in [0.05, 0.1) is 6.54 Å². The molecule has 16 heavy (non-hydrogen) atoms. The number of nitrogens with zero attached hydrogens (tertiary/aromatic N) is 1. The van der Waals surface area contributed by atoms with Gasteiger partial charge in [-0.05, 0) is 18.3 Å². The average Bonchev–Trinajstić information content (AvgIpc) is 2.18. The van der Waals surface area contributed by atoms with Gasteiger partial charge in [0.15, 0.2) is 0 Å². The van der Waals surface area contributed by atoms with Crippen molar-refractivity contribution in [3.63, 3.8) is 0 Å². The molecule has 4 nitrogen and oxygen atoms in total. The van der Waals surface area contributed by atoms with Crippen molar-refractivity contribution in [1.29, 1.82) is 0 Å². The monoisotopic (exact) mass is 226 g/mol. The zero-order chi connectivity index (χ0) is 12.3. The summed E-state index contributed by atoms with van der Waals surface area (Å²) in [4.78, 5) is 25.2. The van der Waals surface area contributed by atoms with Crippen LogP contribution >= 0.6 is 0 Å². The van der Waals surface area contributed by atoms with Gasteiger partial charge >= 0.3 is 0 Å². The number of piperazine rings is 1. The molecule has 1 N–H and O–H groups in total. The van der Waals surface area contributed by atoms with Crippen LogP contribution in [0, 0.1) is 11.8 Å². The van der Waals surface area contributed by atoms with Gasteiger partial charge in [-0.3, -0.25) is 9.59 Å². The lowest BCUT2D eigenvalue weighted by atomic mass is 9.98. The standard InChI is InChI=1S/C12H22N2O2/c1-8(2)5-6-14-10(15)7-13-12(16)11(14)9(3)4/h8-9,11H,5-7H2,1-4H3,(H,13,16). The Morgan fingerprint density at radius 1 is 1.31 bits per heavy atom. The topological polar surface area (TPSA) is 49.4 Å². The molecule has 2 amide bonds. The van der Waals surface area contributed by atoms with E-state index in [1.807, 2.05) is 13.8 Å². The smallest absolute Gasteiger partial charge is 0.243 e.